The summed E-state index contributed by atoms with van der Waals surface area (Å²) in [5.41, 5.74) is 3.27. The lowest BCUT2D eigenvalue weighted by molar-refractivity contribution is 0.102. The summed E-state index contributed by atoms with van der Waals surface area (Å²) in [7, 11) is 0. The van der Waals surface area contributed by atoms with Crippen molar-refractivity contribution in [2.75, 3.05) is 10.6 Å². The van der Waals surface area contributed by atoms with Crippen molar-refractivity contribution in [3.63, 3.8) is 0 Å². The molecular weight excluding hydrogens is 326 g/mol. The van der Waals surface area contributed by atoms with Gasteiger partial charge in [-0.1, -0.05) is 18.2 Å². The monoisotopic (exact) mass is 343 g/mol. The fourth-order valence-electron chi connectivity index (χ4n) is 2.48. The second-order valence-electron chi connectivity index (χ2n) is 5.83. The summed E-state index contributed by atoms with van der Waals surface area (Å²) < 4.78 is 0. The zero-order valence-corrected chi connectivity index (χ0v) is 14.4. The molecule has 1 heterocycles. The average Bonchev–Trinajstić information content (AvgIpc) is 2.61. The zero-order chi connectivity index (χ0) is 18.5. The van der Waals surface area contributed by atoms with E-state index in [9.17, 15) is 4.79 Å². The Hall–Kier alpha value is -3.72. The molecule has 6 nitrogen and oxygen atoms in total. The summed E-state index contributed by atoms with van der Waals surface area (Å²) in [6.07, 6.45) is 0. The summed E-state index contributed by atoms with van der Waals surface area (Å²) in [6.45, 7) is 3.74. The predicted molar refractivity (Wildman–Crippen MR) is 100 cm³/mol. The van der Waals surface area contributed by atoms with Crippen LogP contribution >= 0.6 is 0 Å². The normalized spacial score (nSPS) is 10.0. The molecule has 0 spiro atoms. The molecule has 2 N–H and O–H groups in total. The van der Waals surface area contributed by atoms with Crippen LogP contribution in [0.15, 0.2) is 54.6 Å². The van der Waals surface area contributed by atoms with E-state index in [1.165, 1.54) is 0 Å². The lowest BCUT2D eigenvalue weighted by Crippen LogP contribution is -2.15. The number of amides is 1. The highest BCUT2D eigenvalue weighted by atomic mass is 16.1. The van der Waals surface area contributed by atoms with Gasteiger partial charge >= 0.3 is 0 Å². The summed E-state index contributed by atoms with van der Waals surface area (Å²) in [4.78, 5) is 21.0. The molecule has 0 radical (unpaired) electrons. The Balaban J connectivity index is 1.82. The van der Waals surface area contributed by atoms with E-state index in [2.05, 4.69) is 20.6 Å². The Labute approximate surface area is 151 Å². The van der Waals surface area contributed by atoms with Gasteiger partial charge in [0.2, 0.25) is 0 Å². The van der Waals surface area contributed by atoms with Gasteiger partial charge in [-0.05, 0) is 49.7 Å². The first-order chi connectivity index (χ1) is 12.5. The second kappa shape index (κ2) is 7.45. The predicted octanol–water partition coefficient (Wildman–Crippen LogP) is 3.96. The number of anilines is 3. The zero-order valence-electron chi connectivity index (χ0n) is 14.4. The van der Waals surface area contributed by atoms with Crippen LogP contribution in [-0.4, -0.2) is 15.9 Å². The number of rotatable bonds is 4. The van der Waals surface area contributed by atoms with Crippen LogP contribution in [0.5, 0.6) is 0 Å². The fraction of sp³-hybridized carbons (Fsp3) is 0.100. The molecule has 0 saturated heterocycles. The molecule has 1 amide bonds. The standard InChI is InChI=1S/C20H17N5O/c1-13-5-3-7-16(9-13)24-19-11-18(22-14(2)23-19)20(26)25-17-8-4-6-15(10-17)12-21/h3-11H,1-2H3,(H,25,26)(H,22,23,24). The van der Waals surface area contributed by atoms with Crippen LogP contribution in [0, 0.1) is 25.2 Å². The minimum absolute atomic E-state index is 0.245. The van der Waals surface area contributed by atoms with Crippen LogP contribution in [0.25, 0.3) is 0 Å². The molecule has 2 aromatic carbocycles. The van der Waals surface area contributed by atoms with Crippen LogP contribution in [0.2, 0.25) is 0 Å². The van der Waals surface area contributed by atoms with Crippen molar-refractivity contribution in [2.45, 2.75) is 13.8 Å². The first-order valence-corrected chi connectivity index (χ1v) is 8.04. The quantitative estimate of drug-likeness (QED) is 0.748. The molecule has 128 valence electrons. The Morgan fingerprint density at radius 1 is 1.00 bits per heavy atom. The van der Waals surface area contributed by atoms with Crippen LogP contribution in [0.4, 0.5) is 17.2 Å². The van der Waals surface area contributed by atoms with Crippen molar-refractivity contribution in [3.05, 3.63) is 77.2 Å². The minimum Gasteiger partial charge on any atom is -0.340 e. The van der Waals surface area contributed by atoms with E-state index in [0.29, 0.717) is 22.9 Å². The lowest BCUT2D eigenvalue weighted by atomic mass is 10.2. The molecule has 0 bridgehead atoms. The lowest BCUT2D eigenvalue weighted by Gasteiger charge is -2.10. The topological polar surface area (TPSA) is 90.7 Å². The number of aryl methyl sites for hydroxylation is 2. The molecular formula is C20H17N5O. The van der Waals surface area contributed by atoms with E-state index in [-0.39, 0.29) is 11.6 Å². The van der Waals surface area contributed by atoms with Crippen molar-refractivity contribution in [1.82, 2.24) is 9.97 Å². The first-order valence-electron chi connectivity index (χ1n) is 8.04. The van der Waals surface area contributed by atoms with E-state index in [4.69, 9.17) is 5.26 Å². The number of benzene rings is 2. The maximum atomic E-state index is 12.5. The van der Waals surface area contributed by atoms with Crippen LogP contribution in [0.3, 0.4) is 0 Å². The van der Waals surface area contributed by atoms with E-state index in [1.807, 2.05) is 37.3 Å². The van der Waals surface area contributed by atoms with Gasteiger partial charge in [0.15, 0.2) is 0 Å². The summed E-state index contributed by atoms with van der Waals surface area (Å²) in [5, 5.41) is 14.9. The maximum absolute atomic E-state index is 12.5. The Morgan fingerprint density at radius 2 is 1.77 bits per heavy atom. The Bertz CT molecular complexity index is 1010. The molecule has 0 aliphatic rings. The van der Waals surface area contributed by atoms with Crippen molar-refractivity contribution >= 4 is 23.1 Å². The number of carbonyl (C=O) groups excluding carboxylic acids is 1. The summed E-state index contributed by atoms with van der Waals surface area (Å²) in [5.74, 6) is 0.662. The molecule has 0 atom stereocenters. The number of hydrogen-bond donors (Lipinski definition) is 2. The third-order valence-corrected chi connectivity index (χ3v) is 3.61. The Morgan fingerprint density at radius 3 is 2.54 bits per heavy atom. The molecule has 1 aromatic heterocycles. The summed E-state index contributed by atoms with van der Waals surface area (Å²) >= 11 is 0. The van der Waals surface area contributed by atoms with Crippen LogP contribution < -0.4 is 10.6 Å². The third kappa shape index (κ3) is 4.22. The number of aromatic nitrogens is 2. The van der Waals surface area contributed by atoms with Crippen molar-refractivity contribution < 1.29 is 4.79 Å². The van der Waals surface area contributed by atoms with Gasteiger partial charge in [-0.15, -0.1) is 0 Å². The van der Waals surface area contributed by atoms with Gasteiger partial charge in [0.1, 0.15) is 17.3 Å². The molecule has 0 unspecified atom stereocenters. The third-order valence-electron chi connectivity index (χ3n) is 3.61. The number of carbonyl (C=O) groups is 1. The first kappa shape index (κ1) is 17.1. The minimum atomic E-state index is -0.363. The number of nitrogens with zero attached hydrogens (tertiary/aromatic N) is 3. The van der Waals surface area contributed by atoms with Gasteiger partial charge in [0.25, 0.3) is 5.91 Å². The molecule has 3 aromatic rings. The van der Waals surface area contributed by atoms with Crippen molar-refractivity contribution in [2.24, 2.45) is 0 Å². The second-order valence-corrected chi connectivity index (χ2v) is 5.83. The molecule has 26 heavy (non-hydrogen) atoms. The van der Waals surface area contributed by atoms with Gasteiger partial charge in [0.05, 0.1) is 11.6 Å². The maximum Gasteiger partial charge on any atom is 0.274 e. The van der Waals surface area contributed by atoms with Gasteiger partial charge < -0.3 is 10.6 Å². The number of nitriles is 1. The van der Waals surface area contributed by atoms with Gasteiger partial charge in [-0.25, -0.2) is 9.97 Å². The van der Waals surface area contributed by atoms with Gasteiger partial charge in [-0.3, -0.25) is 4.79 Å². The van der Waals surface area contributed by atoms with Crippen LogP contribution in [-0.2, 0) is 0 Å². The number of nitrogens with one attached hydrogen (secondary N) is 2. The van der Waals surface area contributed by atoms with E-state index in [1.54, 1.807) is 37.3 Å². The molecule has 0 saturated carbocycles. The van der Waals surface area contributed by atoms with Crippen molar-refractivity contribution in [3.8, 4) is 6.07 Å². The average molecular weight is 343 g/mol. The van der Waals surface area contributed by atoms with E-state index >= 15 is 0 Å². The van der Waals surface area contributed by atoms with E-state index in [0.717, 1.165) is 11.3 Å². The molecule has 0 aliphatic heterocycles. The highest BCUT2D eigenvalue weighted by Crippen LogP contribution is 2.18. The van der Waals surface area contributed by atoms with Gasteiger partial charge in [-0.2, -0.15) is 5.26 Å². The molecule has 3 rings (SSSR count). The fourth-order valence-corrected chi connectivity index (χ4v) is 2.48. The van der Waals surface area contributed by atoms with Crippen molar-refractivity contribution in [1.29, 1.82) is 5.26 Å². The molecule has 6 heteroatoms. The smallest absolute Gasteiger partial charge is 0.274 e. The largest absolute Gasteiger partial charge is 0.340 e. The van der Waals surface area contributed by atoms with Gasteiger partial charge in [0, 0.05) is 17.4 Å². The molecule has 0 fully saturated rings. The number of hydrogen-bond acceptors (Lipinski definition) is 5. The highest BCUT2D eigenvalue weighted by Gasteiger charge is 2.11. The SMILES string of the molecule is Cc1cccc(Nc2cc(C(=O)Nc3cccc(C#N)c3)nc(C)n2)c1. The summed E-state index contributed by atoms with van der Waals surface area (Å²) in [6, 6.07) is 18.2. The highest BCUT2D eigenvalue weighted by molar-refractivity contribution is 6.03. The molecule has 0 aliphatic carbocycles. The van der Waals surface area contributed by atoms with Crippen LogP contribution in [0.1, 0.15) is 27.4 Å². The van der Waals surface area contributed by atoms with E-state index < -0.39 is 0 Å². The Kier molecular flexibility index (Phi) is 4.90.